The topological polar surface area (TPSA) is 85.9 Å². The normalized spacial score (nSPS) is 32.9. The van der Waals surface area contributed by atoms with Gasteiger partial charge in [0.15, 0.2) is 0 Å². The summed E-state index contributed by atoms with van der Waals surface area (Å²) in [5.74, 6) is -0.403. The number of primary amides is 1. The van der Waals surface area contributed by atoms with Gasteiger partial charge in [-0.3, -0.25) is 15.1 Å². The van der Waals surface area contributed by atoms with Crippen molar-refractivity contribution in [3.05, 3.63) is 11.5 Å². The van der Waals surface area contributed by atoms with E-state index in [0.717, 1.165) is 5.47 Å². The summed E-state index contributed by atoms with van der Waals surface area (Å²) in [7, 11) is 1.22. The minimum Gasteiger partial charge on any atom is -0.399 e. The fourth-order valence-corrected chi connectivity index (χ4v) is 2.82. The summed E-state index contributed by atoms with van der Waals surface area (Å²) >= 11 is 0. The number of allylic oxidation sites excluding steroid dienone is 1. The minimum atomic E-state index is -0.873. The Morgan fingerprint density at radius 1 is 1.36 bits per heavy atom. The monoisotopic (exact) mass is 307 g/mol. The van der Waals surface area contributed by atoms with E-state index in [1.54, 1.807) is 13.3 Å². The first-order valence-electron chi connectivity index (χ1n) is 7.68. The highest BCUT2D eigenvalue weighted by Gasteiger charge is 2.54. The first kappa shape index (κ1) is 17.2. The summed E-state index contributed by atoms with van der Waals surface area (Å²) < 4.78 is 12.1. The lowest BCUT2D eigenvalue weighted by atomic mass is 9.69. The number of aliphatic imine (C=N–C) groups is 1. The van der Waals surface area contributed by atoms with Crippen molar-refractivity contribution in [2.75, 3.05) is 7.05 Å². The molecule has 0 saturated carbocycles. The molecule has 2 unspecified atom stereocenters. The summed E-state index contributed by atoms with van der Waals surface area (Å²) in [5.41, 5.74) is 4.66. The van der Waals surface area contributed by atoms with Gasteiger partial charge in [-0.05, 0) is 46.6 Å². The lowest BCUT2D eigenvalue weighted by molar-refractivity contribution is -0.126. The Morgan fingerprint density at radius 2 is 1.91 bits per heavy atom. The van der Waals surface area contributed by atoms with Gasteiger partial charge in [0, 0.05) is 6.21 Å². The average molecular weight is 307 g/mol. The molecule has 0 aromatic rings. The van der Waals surface area contributed by atoms with Crippen LogP contribution in [0.15, 0.2) is 16.5 Å². The molecule has 0 bridgehead atoms. The first-order valence-corrected chi connectivity index (χ1v) is 7.68. The number of carbonyl (C=O) groups is 1. The number of hydrogen-bond acceptors (Lipinski definition) is 5. The van der Waals surface area contributed by atoms with Gasteiger partial charge in [-0.1, -0.05) is 13.0 Å². The van der Waals surface area contributed by atoms with Crippen molar-refractivity contribution in [3.63, 3.8) is 0 Å². The van der Waals surface area contributed by atoms with Gasteiger partial charge in [0.1, 0.15) is 11.6 Å². The van der Waals surface area contributed by atoms with Crippen LogP contribution in [0.2, 0.25) is 0 Å². The zero-order chi connectivity index (χ0) is 16.8. The van der Waals surface area contributed by atoms with Crippen LogP contribution in [0.4, 0.5) is 0 Å². The first-order chi connectivity index (χ1) is 10.1. The second kappa shape index (κ2) is 5.47. The van der Waals surface area contributed by atoms with Gasteiger partial charge >= 0.3 is 7.12 Å². The van der Waals surface area contributed by atoms with Crippen molar-refractivity contribution in [2.45, 2.75) is 58.4 Å². The van der Waals surface area contributed by atoms with Crippen molar-refractivity contribution in [1.82, 2.24) is 5.32 Å². The van der Waals surface area contributed by atoms with Crippen molar-refractivity contribution in [3.8, 4) is 0 Å². The van der Waals surface area contributed by atoms with Gasteiger partial charge in [-0.15, -0.1) is 0 Å². The largest absolute Gasteiger partial charge is 0.496 e. The summed E-state index contributed by atoms with van der Waals surface area (Å²) in [6.07, 6.45) is 3.74. The molecule has 2 atom stereocenters. The molecular formula is C15H26BN3O3. The standard InChI is InChI=1S/C15H26BN3O3/c1-7-15(11(17)20)8-10(9-19-12(15)18-6)16-21-13(2,3)14(4,5)22-16/h8-9,12,18H,7H2,1-6H3,(H2,17,20). The number of hydrogen-bond donors (Lipinski definition) is 2. The summed E-state index contributed by atoms with van der Waals surface area (Å²) in [5, 5.41) is 3.05. The molecule has 1 fully saturated rings. The van der Waals surface area contributed by atoms with E-state index in [-0.39, 0.29) is 6.17 Å². The number of nitrogens with one attached hydrogen (secondary N) is 1. The Hall–Kier alpha value is -1.18. The Bertz CT molecular complexity index is 514. The third-order valence-corrected chi connectivity index (χ3v) is 5.13. The van der Waals surface area contributed by atoms with Crippen molar-refractivity contribution in [2.24, 2.45) is 16.1 Å². The number of rotatable bonds is 4. The molecular weight excluding hydrogens is 281 g/mol. The predicted octanol–water partition coefficient (Wildman–Crippen LogP) is 1.06. The second-order valence-corrected chi connectivity index (χ2v) is 6.96. The molecule has 0 aliphatic carbocycles. The van der Waals surface area contributed by atoms with Crippen LogP contribution in [0.25, 0.3) is 0 Å². The Labute approximate surface area is 132 Å². The van der Waals surface area contributed by atoms with Crippen LogP contribution in [0, 0.1) is 5.41 Å². The van der Waals surface area contributed by atoms with E-state index in [4.69, 9.17) is 15.0 Å². The lowest BCUT2D eigenvalue weighted by Gasteiger charge is -2.35. The lowest BCUT2D eigenvalue weighted by Crippen LogP contribution is -2.52. The number of carbonyl (C=O) groups excluding carboxylic acids is 1. The molecule has 0 spiro atoms. The Morgan fingerprint density at radius 3 is 2.32 bits per heavy atom. The average Bonchev–Trinajstić information content (AvgIpc) is 2.66. The van der Waals surface area contributed by atoms with Crippen molar-refractivity contribution < 1.29 is 14.1 Å². The van der Waals surface area contributed by atoms with Gasteiger partial charge < -0.3 is 15.0 Å². The van der Waals surface area contributed by atoms with E-state index in [2.05, 4.69) is 10.3 Å². The molecule has 0 radical (unpaired) electrons. The maximum Gasteiger partial charge on any atom is 0.496 e. The van der Waals surface area contributed by atoms with E-state index < -0.39 is 29.6 Å². The minimum absolute atomic E-state index is 0.374. The third-order valence-electron chi connectivity index (χ3n) is 5.13. The summed E-state index contributed by atoms with van der Waals surface area (Å²) in [4.78, 5) is 16.5. The highest BCUT2D eigenvalue weighted by atomic mass is 16.7. The van der Waals surface area contributed by atoms with E-state index in [0.29, 0.717) is 6.42 Å². The molecule has 1 saturated heterocycles. The fraction of sp³-hybridized carbons (Fsp3) is 0.733. The molecule has 1 amide bonds. The maximum atomic E-state index is 12.1. The molecule has 2 aliphatic heterocycles. The molecule has 0 aromatic heterocycles. The smallest absolute Gasteiger partial charge is 0.399 e. The molecule has 3 N–H and O–H groups in total. The molecule has 6 nitrogen and oxygen atoms in total. The molecule has 0 aromatic carbocycles. The number of nitrogens with two attached hydrogens (primary N) is 1. The van der Waals surface area contributed by atoms with Gasteiger partial charge in [0.25, 0.3) is 0 Å². The van der Waals surface area contributed by atoms with Crippen LogP contribution in [0.1, 0.15) is 41.0 Å². The molecule has 122 valence electrons. The van der Waals surface area contributed by atoms with E-state index in [1.165, 1.54) is 0 Å². The number of amides is 1. The second-order valence-electron chi connectivity index (χ2n) is 6.96. The SMILES string of the molecule is CCC1(C(N)=O)C=C(B2OC(C)(C)C(C)(C)O2)C=NC1NC. The van der Waals surface area contributed by atoms with Crippen LogP contribution < -0.4 is 11.1 Å². The number of dihydropyridines is 1. The van der Waals surface area contributed by atoms with Crippen molar-refractivity contribution >= 4 is 19.2 Å². The van der Waals surface area contributed by atoms with Crippen LogP contribution in [0.5, 0.6) is 0 Å². The zero-order valence-electron chi connectivity index (χ0n) is 14.3. The van der Waals surface area contributed by atoms with Gasteiger partial charge in [-0.2, -0.15) is 0 Å². The van der Waals surface area contributed by atoms with Crippen LogP contribution in [0.3, 0.4) is 0 Å². The molecule has 2 heterocycles. The third kappa shape index (κ3) is 2.51. The summed E-state index contributed by atoms with van der Waals surface area (Å²) in [6, 6.07) is 0. The number of nitrogens with zero attached hydrogens (tertiary/aromatic N) is 1. The highest BCUT2D eigenvalue weighted by molar-refractivity contribution is 6.60. The Balaban J connectivity index is 2.37. The maximum absolute atomic E-state index is 12.1. The van der Waals surface area contributed by atoms with Crippen LogP contribution >= 0.6 is 0 Å². The molecule has 7 heteroatoms. The fourth-order valence-electron chi connectivity index (χ4n) is 2.82. The molecule has 2 aliphatic rings. The van der Waals surface area contributed by atoms with Crippen molar-refractivity contribution in [1.29, 1.82) is 0 Å². The predicted molar refractivity (Wildman–Crippen MR) is 87.4 cm³/mol. The zero-order valence-corrected chi connectivity index (χ0v) is 14.3. The summed E-state index contributed by atoms with van der Waals surface area (Å²) in [6.45, 7) is 9.89. The molecule has 22 heavy (non-hydrogen) atoms. The van der Waals surface area contributed by atoms with E-state index in [1.807, 2.05) is 40.7 Å². The molecule has 2 rings (SSSR count). The van der Waals surface area contributed by atoms with Crippen LogP contribution in [-0.2, 0) is 14.1 Å². The van der Waals surface area contributed by atoms with Gasteiger partial charge in [0.05, 0.1) is 11.2 Å². The van der Waals surface area contributed by atoms with Gasteiger partial charge in [0.2, 0.25) is 5.91 Å². The van der Waals surface area contributed by atoms with Crippen LogP contribution in [-0.4, -0.2) is 43.7 Å². The Kier molecular flexibility index (Phi) is 4.28. The quantitative estimate of drug-likeness (QED) is 0.760. The van der Waals surface area contributed by atoms with Gasteiger partial charge in [-0.25, -0.2) is 0 Å². The van der Waals surface area contributed by atoms with E-state index >= 15 is 0 Å². The highest BCUT2D eigenvalue weighted by Crippen LogP contribution is 2.41. The van der Waals surface area contributed by atoms with E-state index in [9.17, 15) is 4.79 Å².